The topological polar surface area (TPSA) is 40.5 Å². The molecule has 0 amide bonds. The van der Waals surface area contributed by atoms with Crippen molar-refractivity contribution in [3.05, 3.63) is 34.6 Å². The molecule has 0 aliphatic carbocycles. The van der Waals surface area contributed by atoms with Gasteiger partial charge in [0, 0.05) is 6.54 Å². The molecule has 17 heavy (non-hydrogen) atoms. The van der Waals surface area contributed by atoms with E-state index in [0.29, 0.717) is 13.0 Å². The van der Waals surface area contributed by atoms with Gasteiger partial charge < -0.3 is 5.11 Å². The number of carbonyl (C=O) groups is 1. The Hall–Kier alpha value is -1.13. The van der Waals surface area contributed by atoms with Crippen molar-refractivity contribution in [2.24, 2.45) is 0 Å². The maximum absolute atomic E-state index is 13.2. The maximum Gasteiger partial charge on any atom is 0.320 e. The SMILES string of the molecule is O=C(O)[C@@H]1CCCN1Cc1ccc(Cl)c(F)c1. The second-order valence-electron chi connectivity index (χ2n) is 4.22. The lowest BCUT2D eigenvalue weighted by Crippen LogP contribution is -2.35. The summed E-state index contributed by atoms with van der Waals surface area (Å²) in [6.07, 6.45) is 1.53. The van der Waals surface area contributed by atoms with Crippen LogP contribution in [0.15, 0.2) is 18.2 Å². The van der Waals surface area contributed by atoms with Gasteiger partial charge in [0.25, 0.3) is 0 Å². The van der Waals surface area contributed by atoms with Gasteiger partial charge in [-0.3, -0.25) is 9.69 Å². The van der Waals surface area contributed by atoms with Crippen molar-refractivity contribution in [3.63, 3.8) is 0 Å². The minimum Gasteiger partial charge on any atom is -0.480 e. The average molecular weight is 258 g/mol. The number of carboxylic acids is 1. The molecule has 0 aromatic heterocycles. The van der Waals surface area contributed by atoms with E-state index in [1.54, 1.807) is 6.07 Å². The van der Waals surface area contributed by atoms with Gasteiger partial charge in [0.15, 0.2) is 0 Å². The summed E-state index contributed by atoms with van der Waals surface area (Å²) < 4.78 is 13.2. The predicted octanol–water partition coefficient (Wildman–Crippen LogP) is 2.53. The van der Waals surface area contributed by atoms with Crippen LogP contribution in [0.4, 0.5) is 4.39 Å². The Bertz CT molecular complexity index is 439. The van der Waals surface area contributed by atoms with E-state index < -0.39 is 17.8 Å². The Balaban J connectivity index is 2.09. The van der Waals surface area contributed by atoms with E-state index in [-0.39, 0.29) is 5.02 Å². The highest BCUT2D eigenvalue weighted by atomic mass is 35.5. The summed E-state index contributed by atoms with van der Waals surface area (Å²) >= 11 is 5.59. The lowest BCUT2D eigenvalue weighted by molar-refractivity contribution is -0.142. The Morgan fingerprint density at radius 1 is 1.59 bits per heavy atom. The van der Waals surface area contributed by atoms with Crippen molar-refractivity contribution < 1.29 is 14.3 Å². The fourth-order valence-electron chi connectivity index (χ4n) is 2.17. The fraction of sp³-hybridized carbons (Fsp3) is 0.417. The van der Waals surface area contributed by atoms with E-state index in [9.17, 15) is 9.18 Å². The number of halogens is 2. The second kappa shape index (κ2) is 5.02. The van der Waals surface area contributed by atoms with Crippen LogP contribution in [0.3, 0.4) is 0 Å². The lowest BCUT2D eigenvalue weighted by atomic mass is 10.2. The summed E-state index contributed by atoms with van der Waals surface area (Å²) in [5.74, 6) is -1.27. The van der Waals surface area contributed by atoms with Crippen LogP contribution >= 0.6 is 11.6 Å². The largest absolute Gasteiger partial charge is 0.480 e. The van der Waals surface area contributed by atoms with Crippen molar-refractivity contribution in [3.8, 4) is 0 Å². The summed E-state index contributed by atoms with van der Waals surface area (Å²) in [7, 11) is 0. The van der Waals surface area contributed by atoms with Gasteiger partial charge >= 0.3 is 5.97 Å². The van der Waals surface area contributed by atoms with Gasteiger partial charge in [0.1, 0.15) is 11.9 Å². The molecule has 1 aromatic carbocycles. The number of likely N-dealkylation sites (tertiary alicyclic amines) is 1. The highest BCUT2D eigenvalue weighted by molar-refractivity contribution is 6.30. The third kappa shape index (κ3) is 2.76. The molecule has 2 rings (SSSR count). The number of carboxylic acid groups (broad SMARTS) is 1. The Kier molecular flexibility index (Phi) is 3.64. The summed E-state index contributed by atoms with van der Waals surface area (Å²) in [5, 5.41) is 9.11. The second-order valence-corrected chi connectivity index (χ2v) is 4.62. The van der Waals surface area contributed by atoms with Crippen LogP contribution in [0.1, 0.15) is 18.4 Å². The highest BCUT2D eigenvalue weighted by Gasteiger charge is 2.30. The van der Waals surface area contributed by atoms with Crippen LogP contribution in [0, 0.1) is 5.82 Å². The molecular formula is C12H13ClFNO2. The van der Waals surface area contributed by atoms with Crippen LogP contribution in [0.2, 0.25) is 5.02 Å². The van der Waals surface area contributed by atoms with Gasteiger partial charge in [-0.25, -0.2) is 4.39 Å². The van der Waals surface area contributed by atoms with Gasteiger partial charge in [-0.1, -0.05) is 17.7 Å². The number of hydrogen-bond acceptors (Lipinski definition) is 2. The number of hydrogen-bond donors (Lipinski definition) is 1. The van der Waals surface area contributed by atoms with Crippen molar-refractivity contribution in [1.29, 1.82) is 0 Å². The normalized spacial score (nSPS) is 20.7. The highest BCUT2D eigenvalue weighted by Crippen LogP contribution is 2.22. The molecule has 3 nitrogen and oxygen atoms in total. The molecule has 1 fully saturated rings. The molecule has 0 saturated carbocycles. The summed E-state index contributed by atoms with van der Waals surface area (Å²) in [5.41, 5.74) is 0.750. The van der Waals surface area contributed by atoms with Crippen LogP contribution in [0.25, 0.3) is 0 Å². The number of aliphatic carboxylic acids is 1. The first-order valence-corrected chi connectivity index (χ1v) is 5.86. The molecule has 1 aromatic rings. The van der Waals surface area contributed by atoms with E-state index >= 15 is 0 Å². The first kappa shape index (κ1) is 12.3. The van der Waals surface area contributed by atoms with Crippen molar-refractivity contribution in [2.75, 3.05) is 6.54 Å². The van der Waals surface area contributed by atoms with Crippen LogP contribution < -0.4 is 0 Å². The number of rotatable bonds is 3. The minimum absolute atomic E-state index is 0.0879. The molecule has 1 heterocycles. The van der Waals surface area contributed by atoms with E-state index in [1.807, 2.05) is 4.90 Å². The Morgan fingerprint density at radius 3 is 3.00 bits per heavy atom. The molecule has 1 saturated heterocycles. The average Bonchev–Trinajstić information content (AvgIpc) is 2.72. The Morgan fingerprint density at radius 2 is 2.35 bits per heavy atom. The van der Waals surface area contributed by atoms with Gasteiger partial charge in [0.2, 0.25) is 0 Å². The summed E-state index contributed by atoms with van der Waals surface area (Å²) in [4.78, 5) is 12.8. The minimum atomic E-state index is -0.808. The van der Waals surface area contributed by atoms with Crippen LogP contribution in [-0.4, -0.2) is 28.6 Å². The molecule has 0 bridgehead atoms. The molecular weight excluding hydrogens is 245 g/mol. The number of nitrogens with zero attached hydrogens (tertiary/aromatic N) is 1. The van der Waals surface area contributed by atoms with Crippen LogP contribution in [-0.2, 0) is 11.3 Å². The molecule has 1 N–H and O–H groups in total. The fourth-order valence-corrected chi connectivity index (χ4v) is 2.29. The zero-order chi connectivity index (χ0) is 12.4. The molecule has 0 unspecified atom stereocenters. The lowest BCUT2D eigenvalue weighted by Gasteiger charge is -2.20. The molecule has 92 valence electrons. The standard InChI is InChI=1S/C12H13ClFNO2/c13-9-4-3-8(6-10(9)14)7-15-5-1-2-11(15)12(16)17/h3-4,6,11H,1-2,5,7H2,(H,16,17)/t11-/m0/s1. The molecule has 1 aliphatic heterocycles. The maximum atomic E-state index is 13.2. The summed E-state index contributed by atoms with van der Waals surface area (Å²) in [6.45, 7) is 1.19. The van der Waals surface area contributed by atoms with Gasteiger partial charge in [-0.15, -0.1) is 0 Å². The van der Waals surface area contributed by atoms with Crippen molar-refractivity contribution in [2.45, 2.75) is 25.4 Å². The molecule has 1 atom stereocenters. The Labute approximate surface area is 104 Å². The summed E-state index contributed by atoms with van der Waals surface area (Å²) in [6, 6.07) is 4.13. The quantitative estimate of drug-likeness (QED) is 0.905. The third-order valence-corrected chi connectivity index (χ3v) is 3.32. The molecule has 0 radical (unpaired) electrons. The zero-order valence-electron chi connectivity index (χ0n) is 9.20. The van der Waals surface area contributed by atoms with Gasteiger partial charge in [0.05, 0.1) is 5.02 Å². The molecule has 1 aliphatic rings. The first-order valence-electron chi connectivity index (χ1n) is 5.48. The van der Waals surface area contributed by atoms with Gasteiger partial charge in [-0.2, -0.15) is 0 Å². The third-order valence-electron chi connectivity index (χ3n) is 3.02. The van der Waals surface area contributed by atoms with E-state index in [4.69, 9.17) is 16.7 Å². The van der Waals surface area contributed by atoms with E-state index in [1.165, 1.54) is 12.1 Å². The first-order chi connectivity index (χ1) is 8.08. The van der Waals surface area contributed by atoms with Crippen molar-refractivity contribution in [1.82, 2.24) is 4.90 Å². The zero-order valence-corrected chi connectivity index (χ0v) is 9.95. The monoisotopic (exact) mass is 257 g/mol. The number of benzene rings is 1. The predicted molar refractivity (Wildman–Crippen MR) is 62.5 cm³/mol. The van der Waals surface area contributed by atoms with Crippen LogP contribution in [0.5, 0.6) is 0 Å². The molecule has 0 spiro atoms. The van der Waals surface area contributed by atoms with Gasteiger partial charge in [-0.05, 0) is 37.1 Å². The van der Waals surface area contributed by atoms with E-state index in [2.05, 4.69) is 0 Å². The molecule has 5 heteroatoms. The van der Waals surface area contributed by atoms with E-state index in [0.717, 1.165) is 18.5 Å². The smallest absolute Gasteiger partial charge is 0.320 e. The van der Waals surface area contributed by atoms with Crippen molar-refractivity contribution >= 4 is 17.6 Å².